The average Bonchev–Trinajstić information content (AvgIpc) is 2.37. The van der Waals surface area contributed by atoms with Crippen LogP contribution in [0.3, 0.4) is 0 Å². The largest absolute Gasteiger partial charge is 0.416 e. The molecule has 1 atom stereocenters. The lowest BCUT2D eigenvalue weighted by Gasteiger charge is -2.33. The van der Waals surface area contributed by atoms with Crippen LogP contribution in [-0.4, -0.2) is 38.4 Å². The number of sulfonamides is 1. The summed E-state index contributed by atoms with van der Waals surface area (Å²) in [6.45, 7) is 4.52. The van der Waals surface area contributed by atoms with E-state index in [1.807, 2.05) is 0 Å². The van der Waals surface area contributed by atoms with Crippen LogP contribution in [0.15, 0.2) is 23.1 Å². The number of nitrogens with one attached hydrogen (secondary N) is 1. The topological polar surface area (TPSA) is 49.4 Å². The summed E-state index contributed by atoms with van der Waals surface area (Å²) in [6.07, 6.45) is -4.48. The second kappa shape index (κ2) is 6.74. The molecule has 0 bridgehead atoms. The van der Waals surface area contributed by atoms with Crippen molar-refractivity contribution in [3.05, 3.63) is 29.3 Å². The number of hydrogen-bond donors (Lipinski definition) is 1. The van der Waals surface area contributed by atoms with Crippen molar-refractivity contribution in [3.8, 4) is 0 Å². The molecule has 22 heavy (non-hydrogen) atoms. The zero-order valence-electron chi connectivity index (χ0n) is 12.1. The number of alkyl halides is 3. The lowest BCUT2D eigenvalue weighted by atomic mass is 10.1. The van der Waals surface area contributed by atoms with E-state index in [1.165, 1.54) is 11.2 Å². The number of aryl methyl sites for hydroxylation is 1. The standard InChI is InChI=1S/C13H17F3N2O2S.ClH/c1-9-7-11(13(14,15)16)3-4-12(9)21(19,20)18-6-5-17-8-10(18)2;/h3-4,7,10,17H,5-6,8H2,1-2H3;1H. The van der Waals surface area contributed by atoms with Gasteiger partial charge in [0.15, 0.2) is 0 Å². The predicted molar refractivity (Wildman–Crippen MR) is 79.7 cm³/mol. The second-order valence-electron chi connectivity index (χ2n) is 5.15. The van der Waals surface area contributed by atoms with Crippen molar-refractivity contribution in [2.45, 2.75) is 31.0 Å². The van der Waals surface area contributed by atoms with Gasteiger partial charge in [0.05, 0.1) is 10.5 Å². The minimum atomic E-state index is -4.48. The molecule has 1 aliphatic heterocycles. The van der Waals surface area contributed by atoms with Gasteiger partial charge in [-0.25, -0.2) is 8.42 Å². The van der Waals surface area contributed by atoms with Crippen molar-refractivity contribution in [1.82, 2.24) is 9.62 Å². The Morgan fingerprint density at radius 2 is 1.95 bits per heavy atom. The Bertz CT molecular complexity index is 635. The molecular formula is C13H18ClF3N2O2S. The van der Waals surface area contributed by atoms with Crippen molar-refractivity contribution in [1.29, 1.82) is 0 Å². The highest BCUT2D eigenvalue weighted by molar-refractivity contribution is 7.89. The van der Waals surface area contributed by atoms with Crippen LogP contribution in [0.5, 0.6) is 0 Å². The first-order valence-electron chi connectivity index (χ1n) is 6.54. The molecule has 0 spiro atoms. The van der Waals surface area contributed by atoms with Crippen molar-refractivity contribution < 1.29 is 21.6 Å². The van der Waals surface area contributed by atoms with Crippen molar-refractivity contribution in [3.63, 3.8) is 0 Å². The second-order valence-corrected chi connectivity index (χ2v) is 7.01. The van der Waals surface area contributed by atoms with Gasteiger partial charge in [-0.05, 0) is 37.6 Å². The minimum Gasteiger partial charge on any atom is -0.314 e. The lowest BCUT2D eigenvalue weighted by Crippen LogP contribution is -2.52. The first-order valence-corrected chi connectivity index (χ1v) is 7.98. The fourth-order valence-corrected chi connectivity index (χ4v) is 4.26. The van der Waals surface area contributed by atoms with Crippen LogP contribution in [0.4, 0.5) is 13.2 Å². The van der Waals surface area contributed by atoms with E-state index in [0.717, 1.165) is 18.2 Å². The summed E-state index contributed by atoms with van der Waals surface area (Å²) < 4.78 is 64.5. The van der Waals surface area contributed by atoms with Crippen LogP contribution >= 0.6 is 12.4 Å². The molecule has 1 aliphatic rings. The van der Waals surface area contributed by atoms with E-state index < -0.39 is 21.8 Å². The molecule has 1 N–H and O–H groups in total. The van der Waals surface area contributed by atoms with Gasteiger partial charge in [-0.1, -0.05) is 0 Å². The van der Waals surface area contributed by atoms with Gasteiger partial charge >= 0.3 is 6.18 Å². The number of rotatable bonds is 2. The number of hydrogen-bond acceptors (Lipinski definition) is 3. The van der Waals surface area contributed by atoms with Crippen LogP contribution in [0.1, 0.15) is 18.1 Å². The minimum absolute atomic E-state index is 0. The molecule has 0 radical (unpaired) electrons. The molecule has 2 rings (SSSR count). The maximum atomic E-state index is 12.6. The van der Waals surface area contributed by atoms with E-state index in [0.29, 0.717) is 19.6 Å². The highest BCUT2D eigenvalue weighted by atomic mass is 35.5. The SMILES string of the molecule is Cc1cc(C(F)(F)F)ccc1S(=O)(=O)N1CCNCC1C.Cl. The molecule has 126 valence electrons. The Labute approximate surface area is 134 Å². The smallest absolute Gasteiger partial charge is 0.314 e. The average molecular weight is 359 g/mol. The fourth-order valence-electron chi connectivity index (χ4n) is 2.42. The Morgan fingerprint density at radius 1 is 1.32 bits per heavy atom. The molecule has 1 fully saturated rings. The van der Waals surface area contributed by atoms with E-state index in [4.69, 9.17) is 0 Å². The molecule has 1 heterocycles. The van der Waals surface area contributed by atoms with Crippen LogP contribution in [0.25, 0.3) is 0 Å². The third-order valence-electron chi connectivity index (χ3n) is 3.53. The molecule has 4 nitrogen and oxygen atoms in total. The van der Waals surface area contributed by atoms with E-state index in [1.54, 1.807) is 6.92 Å². The molecule has 1 aromatic carbocycles. The highest BCUT2D eigenvalue weighted by Gasteiger charge is 2.34. The molecule has 9 heteroatoms. The number of nitrogens with zero attached hydrogens (tertiary/aromatic N) is 1. The van der Waals surface area contributed by atoms with Crippen LogP contribution in [0.2, 0.25) is 0 Å². The molecule has 0 aromatic heterocycles. The summed E-state index contributed by atoms with van der Waals surface area (Å²) in [5, 5.41) is 3.08. The first kappa shape index (κ1) is 19.2. The Kier molecular flexibility index (Phi) is 5.88. The molecule has 0 amide bonds. The fraction of sp³-hybridized carbons (Fsp3) is 0.538. The summed E-state index contributed by atoms with van der Waals surface area (Å²) in [5.41, 5.74) is -0.733. The Morgan fingerprint density at radius 3 is 2.45 bits per heavy atom. The molecular weight excluding hydrogens is 341 g/mol. The Balaban J connectivity index is 0.00000242. The van der Waals surface area contributed by atoms with Crippen LogP contribution < -0.4 is 5.32 Å². The van der Waals surface area contributed by atoms with E-state index in [-0.39, 0.29) is 28.9 Å². The van der Waals surface area contributed by atoms with E-state index in [2.05, 4.69) is 5.32 Å². The molecule has 1 unspecified atom stereocenters. The summed E-state index contributed by atoms with van der Waals surface area (Å²) in [5.74, 6) is 0. The van der Waals surface area contributed by atoms with Gasteiger partial charge in [-0.2, -0.15) is 17.5 Å². The highest BCUT2D eigenvalue weighted by Crippen LogP contribution is 2.32. The zero-order valence-corrected chi connectivity index (χ0v) is 13.8. The summed E-state index contributed by atoms with van der Waals surface area (Å²) in [6, 6.07) is 2.50. The zero-order chi connectivity index (χ0) is 15.8. The van der Waals surface area contributed by atoms with Crippen LogP contribution in [0, 0.1) is 6.92 Å². The maximum Gasteiger partial charge on any atom is 0.416 e. The molecule has 0 aliphatic carbocycles. The number of benzene rings is 1. The van der Waals surface area contributed by atoms with Gasteiger partial charge in [0.1, 0.15) is 0 Å². The van der Waals surface area contributed by atoms with Gasteiger partial charge < -0.3 is 5.32 Å². The normalized spacial score (nSPS) is 20.5. The van der Waals surface area contributed by atoms with E-state index >= 15 is 0 Å². The number of halogens is 4. The monoisotopic (exact) mass is 358 g/mol. The van der Waals surface area contributed by atoms with Crippen molar-refractivity contribution in [2.24, 2.45) is 0 Å². The van der Waals surface area contributed by atoms with Gasteiger partial charge in [0.2, 0.25) is 10.0 Å². The van der Waals surface area contributed by atoms with Gasteiger partial charge in [0.25, 0.3) is 0 Å². The maximum absolute atomic E-state index is 12.6. The van der Waals surface area contributed by atoms with Gasteiger partial charge in [0, 0.05) is 25.7 Å². The third kappa shape index (κ3) is 3.73. The van der Waals surface area contributed by atoms with Gasteiger partial charge in [-0.15, -0.1) is 12.4 Å². The predicted octanol–water partition coefficient (Wildman–Crippen LogP) is 2.42. The summed E-state index contributed by atoms with van der Waals surface area (Å²) >= 11 is 0. The molecule has 1 aromatic rings. The van der Waals surface area contributed by atoms with Gasteiger partial charge in [-0.3, -0.25) is 0 Å². The number of piperazine rings is 1. The third-order valence-corrected chi connectivity index (χ3v) is 5.70. The summed E-state index contributed by atoms with van der Waals surface area (Å²) in [7, 11) is -3.78. The molecule has 1 saturated heterocycles. The first-order chi connectivity index (χ1) is 9.64. The van der Waals surface area contributed by atoms with E-state index in [9.17, 15) is 21.6 Å². The molecule has 0 saturated carbocycles. The lowest BCUT2D eigenvalue weighted by molar-refractivity contribution is -0.137. The van der Waals surface area contributed by atoms with Crippen LogP contribution in [-0.2, 0) is 16.2 Å². The summed E-state index contributed by atoms with van der Waals surface area (Å²) in [4.78, 5) is -0.0655. The Hall–Kier alpha value is -0.830. The van der Waals surface area contributed by atoms with Crippen molar-refractivity contribution in [2.75, 3.05) is 19.6 Å². The van der Waals surface area contributed by atoms with Crippen molar-refractivity contribution >= 4 is 22.4 Å². The quantitative estimate of drug-likeness (QED) is 0.883.